The Balaban J connectivity index is 2.39. The van der Waals surface area contributed by atoms with E-state index in [0.29, 0.717) is 0 Å². The lowest BCUT2D eigenvalue weighted by Crippen LogP contribution is -1.93. The molecule has 0 saturated heterocycles. The summed E-state index contributed by atoms with van der Waals surface area (Å²) < 4.78 is 0.775. The van der Waals surface area contributed by atoms with Crippen molar-refractivity contribution in [2.24, 2.45) is 0 Å². The summed E-state index contributed by atoms with van der Waals surface area (Å²) in [6.45, 7) is 2.25. The molecule has 0 aliphatic heterocycles. The van der Waals surface area contributed by atoms with E-state index in [4.69, 9.17) is 0 Å². The molecular formula is C10H12I. The van der Waals surface area contributed by atoms with Crippen LogP contribution in [0.4, 0.5) is 0 Å². The molecule has 1 radical (unpaired) electrons. The SMILES string of the molecule is CC(I)CCc1cc[c]cc1. The molecule has 0 bridgehead atoms. The van der Waals surface area contributed by atoms with Crippen molar-refractivity contribution in [3.05, 3.63) is 35.9 Å². The van der Waals surface area contributed by atoms with Gasteiger partial charge in [-0.25, -0.2) is 0 Å². The quantitative estimate of drug-likeness (QED) is 0.577. The van der Waals surface area contributed by atoms with Gasteiger partial charge in [0.25, 0.3) is 0 Å². The Hall–Kier alpha value is -0.0500. The summed E-state index contributed by atoms with van der Waals surface area (Å²) in [5.74, 6) is 0. The number of alkyl halides is 1. The number of hydrogen-bond donors (Lipinski definition) is 0. The van der Waals surface area contributed by atoms with Crippen LogP contribution < -0.4 is 0 Å². The van der Waals surface area contributed by atoms with Crippen molar-refractivity contribution < 1.29 is 0 Å². The third-order valence-corrected chi connectivity index (χ3v) is 2.24. The lowest BCUT2D eigenvalue weighted by molar-refractivity contribution is 0.833. The largest absolute Gasteiger partial charge is 0.0829 e. The Bertz CT molecular complexity index is 191. The van der Waals surface area contributed by atoms with Crippen molar-refractivity contribution in [1.82, 2.24) is 0 Å². The van der Waals surface area contributed by atoms with Gasteiger partial charge in [-0.2, -0.15) is 0 Å². The first-order chi connectivity index (χ1) is 5.29. The number of rotatable bonds is 3. The highest BCUT2D eigenvalue weighted by molar-refractivity contribution is 14.1. The summed E-state index contributed by atoms with van der Waals surface area (Å²) in [5.41, 5.74) is 1.42. The van der Waals surface area contributed by atoms with Gasteiger partial charge >= 0.3 is 0 Å². The van der Waals surface area contributed by atoms with Gasteiger partial charge in [0, 0.05) is 3.92 Å². The van der Waals surface area contributed by atoms with Crippen LogP contribution in [-0.2, 0) is 6.42 Å². The van der Waals surface area contributed by atoms with Gasteiger partial charge < -0.3 is 0 Å². The molecule has 1 aromatic carbocycles. The fourth-order valence-corrected chi connectivity index (χ4v) is 1.27. The summed E-state index contributed by atoms with van der Waals surface area (Å²) in [5, 5.41) is 0. The molecule has 1 unspecified atom stereocenters. The van der Waals surface area contributed by atoms with Gasteiger partial charge in [0.1, 0.15) is 0 Å². The zero-order valence-electron chi connectivity index (χ0n) is 6.68. The monoisotopic (exact) mass is 259 g/mol. The molecule has 1 atom stereocenters. The molecule has 0 nitrogen and oxygen atoms in total. The average molecular weight is 259 g/mol. The molecule has 0 saturated carbocycles. The minimum atomic E-state index is 0.775. The molecule has 0 aliphatic rings. The number of halogens is 1. The van der Waals surface area contributed by atoms with Gasteiger partial charge in [-0.3, -0.25) is 0 Å². The van der Waals surface area contributed by atoms with Crippen molar-refractivity contribution in [3.8, 4) is 0 Å². The molecule has 0 spiro atoms. The fourth-order valence-electron chi connectivity index (χ4n) is 0.954. The summed E-state index contributed by atoms with van der Waals surface area (Å²) in [4.78, 5) is 0. The predicted octanol–water partition coefficient (Wildman–Crippen LogP) is 3.24. The molecule has 0 amide bonds. The van der Waals surface area contributed by atoms with Crippen LogP contribution in [0, 0.1) is 6.07 Å². The Labute approximate surface area is 82.2 Å². The van der Waals surface area contributed by atoms with Crippen LogP contribution in [0.3, 0.4) is 0 Å². The first-order valence-electron chi connectivity index (χ1n) is 3.88. The summed E-state index contributed by atoms with van der Waals surface area (Å²) in [7, 11) is 0. The van der Waals surface area contributed by atoms with Gasteiger partial charge in [0.15, 0.2) is 0 Å². The second kappa shape index (κ2) is 4.75. The standard InChI is InChI=1S/C10H12I/c1-9(11)7-8-10-5-3-2-4-6-10/h3-6,9H,7-8H2,1H3. The van der Waals surface area contributed by atoms with Crippen molar-refractivity contribution in [3.63, 3.8) is 0 Å². The highest BCUT2D eigenvalue weighted by atomic mass is 127. The van der Waals surface area contributed by atoms with Gasteiger partial charge in [-0.1, -0.05) is 53.8 Å². The number of aryl methyl sites for hydroxylation is 1. The molecule has 1 rings (SSSR count). The van der Waals surface area contributed by atoms with Crippen LogP contribution in [0.5, 0.6) is 0 Å². The second-order valence-electron chi connectivity index (χ2n) is 2.73. The molecule has 1 heteroatoms. The van der Waals surface area contributed by atoms with E-state index >= 15 is 0 Å². The highest BCUT2D eigenvalue weighted by Gasteiger charge is 1.95. The van der Waals surface area contributed by atoms with E-state index in [1.54, 1.807) is 0 Å². The van der Waals surface area contributed by atoms with Gasteiger partial charge in [0.2, 0.25) is 0 Å². The maximum Gasteiger partial charge on any atom is 0.00844 e. The van der Waals surface area contributed by atoms with Crippen LogP contribution in [-0.4, -0.2) is 3.92 Å². The Morgan fingerprint density at radius 1 is 1.45 bits per heavy atom. The Morgan fingerprint density at radius 3 is 2.64 bits per heavy atom. The van der Waals surface area contributed by atoms with Crippen LogP contribution >= 0.6 is 22.6 Å². The molecule has 0 fully saturated rings. The molecule has 0 heterocycles. The van der Waals surface area contributed by atoms with Crippen molar-refractivity contribution in [2.75, 3.05) is 0 Å². The highest BCUT2D eigenvalue weighted by Crippen LogP contribution is 2.09. The molecule has 59 valence electrons. The lowest BCUT2D eigenvalue weighted by Gasteiger charge is -2.01. The first-order valence-corrected chi connectivity index (χ1v) is 5.12. The Kier molecular flexibility index (Phi) is 3.91. The number of benzene rings is 1. The molecule has 11 heavy (non-hydrogen) atoms. The Morgan fingerprint density at radius 2 is 2.09 bits per heavy atom. The van der Waals surface area contributed by atoms with Gasteiger partial charge in [-0.15, -0.1) is 0 Å². The summed E-state index contributed by atoms with van der Waals surface area (Å²) in [6, 6.07) is 11.3. The molecule has 1 aromatic rings. The minimum absolute atomic E-state index is 0.775. The van der Waals surface area contributed by atoms with E-state index in [1.165, 1.54) is 18.4 Å². The molecular weight excluding hydrogens is 247 g/mol. The van der Waals surface area contributed by atoms with E-state index in [2.05, 4.69) is 47.7 Å². The van der Waals surface area contributed by atoms with E-state index in [0.717, 1.165) is 3.92 Å². The molecule has 0 aliphatic carbocycles. The first kappa shape index (κ1) is 9.04. The second-order valence-corrected chi connectivity index (χ2v) is 4.85. The topological polar surface area (TPSA) is 0 Å². The molecule has 0 aromatic heterocycles. The van der Waals surface area contributed by atoms with E-state index in [-0.39, 0.29) is 0 Å². The average Bonchev–Trinajstić information content (AvgIpc) is 2.03. The van der Waals surface area contributed by atoms with Crippen LogP contribution in [0.2, 0.25) is 0 Å². The lowest BCUT2D eigenvalue weighted by atomic mass is 10.1. The van der Waals surface area contributed by atoms with Crippen LogP contribution in [0.1, 0.15) is 18.9 Å². The smallest absolute Gasteiger partial charge is 0.00844 e. The molecule has 0 N–H and O–H groups in total. The van der Waals surface area contributed by atoms with Crippen molar-refractivity contribution >= 4 is 22.6 Å². The van der Waals surface area contributed by atoms with E-state index < -0.39 is 0 Å². The summed E-state index contributed by atoms with van der Waals surface area (Å²) >= 11 is 2.46. The maximum atomic E-state index is 3.02. The van der Waals surface area contributed by atoms with E-state index in [9.17, 15) is 0 Å². The van der Waals surface area contributed by atoms with Crippen LogP contribution in [0.25, 0.3) is 0 Å². The van der Waals surface area contributed by atoms with E-state index in [1.807, 2.05) is 12.1 Å². The van der Waals surface area contributed by atoms with Gasteiger partial charge in [-0.05, 0) is 24.5 Å². The normalized spacial score (nSPS) is 12.9. The summed E-state index contributed by atoms with van der Waals surface area (Å²) in [6.07, 6.45) is 2.46. The third-order valence-electron chi connectivity index (χ3n) is 1.62. The zero-order chi connectivity index (χ0) is 8.10. The zero-order valence-corrected chi connectivity index (χ0v) is 8.84. The van der Waals surface area contributed by atoms with Crippen LogP contribution in [0.15, 0.2) is 24.3 Å². The fraction of sp³-hybridized carbons (Fsp3) is 0.400. The minimum Gasteiger partial charge on any atom is -0.0829 e. The van der Waals surface area contributed by atoms with Crippen molar-refractivity contribution in [1.29, 1.82) is 0 Å². The number of hydrogen-bond acceptors (Lipinski definition) is 0. The van der Waals surface area contributed by atoms with Gasteiger partial charge in [0.05, 0.1) is 0 Å². The third kappa shape index (κ3) is 3.75. The maximum absolute atomic E-state index is 3.02. The van der Waals surface area contributed by atoms with Crippen molar-refractivity contribution in [2.45, 2.75) is 23.7 Å². The predicted molar refractivity (Wildman–Crippen MR) is 57.1 cm³/mol.